The van der Waals surface area contributed by atoms with Crippen molar-refractivity contribution in [2.75, 3.05) is 6.61 Å². The number of hydrazine groups is 1. The zero-order valence-corrected chi connectivity index (χ0v) is 13.8. The Hall–Kier alpha value is -3.06. The summed E-state index contributed by atoms with van der Waals surface area (Å²) in [6.07, 6.45) is 0.0208. The van der Waals surface area contributed by atoms with Crippen LogP contribution in [0, 0.1) is 0 Å². The molecule has 128 valence electrons. The average Bonchev–Trinajstić information content (AvgIpc) is 3.01. The van der Waals surface area contributed by atoms with Crippen molar-refractivity contribution < 1.29 is 14.3 Å². The van der Waals surface area contributed by atoms with Crippen molar-refractivity contribution in [2.45, 2.75) is 6.42 Å². The number of nitrogens with zero attached hydrogens (tertiary/aromatic N) is 1. The molecule has 3 rings (SSSR count). The second-order valence-electron chi connectivity index (χ2n) is 5.22. The van der Waals surface area contributed by atoms with Crippen molar-refractivity contribution in [1.82, 2.24) is 20.8 Å². The maximum atomic E-state index is 11.9. The van der Waals surface area contributed by atoms with Crippen LogP contribution < -0.4 is 15.6 Å². The maximum absolute atomic E-state index is 11.9. The van der Waals surface area contributed by atoms with Gasteiger partial charge in [0.2, 0.25) is 5.91 Å². The number of carbonyl (C=O) groups is 2. The number of hydrogen-bond acceptors (Lipinski definition) is 4. The minimum Gasteiger partial charge on any atom is -0.484 e. The standard InChI is InChI=1S/C17H15ClN4O3/c18-11-5-7-12(8-6-11)25-10-17(24)22-21-16(23)9-15-19-13-3-1-2-4-14(13)20-15/h1-8H,9-10H2,(H,19,20)(H,21,23)(H,22,24). The minimum absolute atomic E-state index is 0.0208. The molecule has 0 saturated heterocycles. The number of nitrogens with one attached hydrogen (secondary N) is 3. The monoisotopic (exact) mass is 358 g/mol. The molecule has 0 atom stereocenters. The number of benzene rings is 2. The molecule has 2 aromatic carbocycles. The highest BCUT2D eigenvalue weighted by Gasteiger charge is 2.09. The van der Waals surface area contributed by atoms with Crippen LogP contribution in [0.25, 0.3) is 11.0 Å². The molecular formula is C17H15ClN4O3. The Balaban J connectivity index is 1.43. The first-order chi connectivity index (χ1) is 12.1. The number of halogens is 1. The Morgan fingerprint density at radius 3 is 2.52 bits per heavy atom. The Kier molecular flexibility index (Phi) is 5.15. The van der Waals surface area contributed by atoms with Gasteiger partial charge in [0.25, 0.3) is 5.91 Å². The van der Waals surface area contributed by atoms with Gasteiger partial charge in [-0.1, -0.05) is 23.7 Å². The molecule has 1 heterocycles. The molecule has 0 fully saturated rings. The van der Waals surface area contributed by atoms with Crippen molar-refractivity contribution in [3.8, 4) is 5.75 Å². The highest BCUT2D eigenvalue weighted by molar-refractivity contribution is 6.30. The topological polar surface area (TPSA) is 96.1 Å². The van der Waals surface area contributed by atoms with Crippen LogP contribution in [-0.4, -0.2) is 28.4 Å². The third-order valence-electron chi connectivity index (χ3n) is 3.29. The average molecular weight is 359 g/mol. The molecule has 3 N–H and O–H groups in total. The van der Waals surface area contributed by atoms with Crippen molar-refractivity contribution in [3.05, 3.63) is 59.4 Å². The van der Waals surface area contributed by atoms with E-state index in [2.05, 4.69) is 20.8 Å². The number of amides is 2. The molecule has 3 aromatic rings. The fourth-order valence-corrected chi connectivity index (χ4v) is 2.27. The lowest BCUT2D eigenvalue weighted by Gasteiger charge is -2.08. The van der Waals surface area contributed by atoms with Crippen LogP contribution in [0.3, 0.4) is 0 Å². The van der Waals surface area contributed by atoms with Gasteiger partial charge in [0.05, 0.1) is 17.5 Å². The number of rotatable bonds is 5. The molecule has 0 radical (unpaired) electrons. The van der Waals surface area contributed by atoms with Crippen molar-refractivity contribution >= 4 is 34.4 Å². The molecule has 0 spiro atoms. The van der Waals surface area contributed by atoms with Crippen LogP contribution >= 0.6 is 11.6 Å². The van der Waals surface area contributed by atoms with Gasteiger partial charge in [0, 0.05) is 5.02 Å². The van der Waals surface area contributed by atoms with Gasteiger partial charge in [-0.2, -0.15) is 0 Å². The van der Waals surface area contributed by atoms with Gasteiger partial charge < -0.3 is 9.72 Å². The number of para-hydroxylation sites is 2. The predicted octanol–water partition coefficient (Wildman–Crippen LogP) is 1.99. The van der Waals surface area contributed by atoms with E-state index in [4.69, 9.17) is 16.3 Å². The van der Waals surface area contributed by atoms with Crippen LogP contribution in [0.15, 0.2) is 48.5 Å². The quantitative estimate of drug-likeness (QED) is 0.608. The molecule has 0 unspecified atom stereocenters. The minimum atomic E-state index is -0.479. The third kappa shape index (κ3) is 4.71. The van der Waals surface area contributed by atoms with Gasteiger partial charge >= 0.3 is 0 Å². The van der Waals surface area contributed by atoms with Crippen LogP contribution in [0.2, 0.25) is 5.02 Å². The zero-order valence-electron chi connectivity index (χ0n) is 13.1. The van der Waals surface area contributed by atoms with E-state index in [0.717, 1.165) is 11.0 Å². The second kappa shape index (κ2) is 7.67. The van der Waals surface area contributed by atoms with Crippen molar-refractivity contribution in [1.29, 1.82) is 0 Å². The number of aromatic nitrogens is 2. The fourth-order valence-electron chi connectivity index (χ4n) is 2.14. The van der Waals surface area contributed by atoms with Crippen LogP contribution in [0.4, 0.5) is 0 Å². The first-order valence-electron chi connectivity index (χ1n) is 7.50. The summed E-state index contributed by atoms with van der Waals surface area (Å²) < 4.78 is 5.27. The molecule has 0 aliphatic rings. The van der Waals surface area contributed by atoms with Gasteiger partial charge in [0.15, 0.2) is 6.61 Å². The smallest absolute Gasteiger partial charge is 0.276 e. The van der Waals surface area contributed by atoms with Gasteiger partial charge in [-0.05, 0) is 36.4 Å². The lowest BCUT2D eigenvalue weighted by Crippen LogP contribution is -2.44. The molecule has 0 aliphatic carbocycles. The summed E-state index contributed by atoms with van der Waals surface area (Å²) in [6, 6.07) is 14.1. The lowest BCUT2D eigenvalue weighted by molar-refractivity contribution is -0.129. The first kappa shape index (κ1) is 16.8. The Bertz CT molecular complexity index is 859. The lowest BCUT2D eigenvalue weighted by atomic mass is 10.3. The van der Waals surface area contributed by atoms with E-state index >= 15 is 0 Å². The summed E-state index contributed by atoms with van der Waals surface area (Å²) in [5.74, 6) is 0.158. The van der Waals surface area contributed by atoms with E-state index < -0.39 is 5.91 Å². The number of ether oxygens (including phenoxy) is 1. The van der Waals surface area contributed by atoms with E-state index in [1.807, 2.05) is 24.3 Å². The molecule has 0 bridgehead atoms. The summed E-state index contributed by atoms with van der Waals surface area (Å²) in [7, 11) is 0. The summed E-state index contributed by atoms with van der Waals surface area (Å²) in [4.78, 5) is 30.9. The van der Waals surface area contributed by atoms with E-state index in [0.29, 0.717) is 16.6 Å². The molecular weight excluding hydrogens is 344 g/mol. The number of H-pyrrole nitrogens is 1. The van der Waals surface area contributed by atoms with Crippen LogP contribution in [0.1, 0.15) is 5.82 Å². The molecule has 8 heteroatoms. The molecule has 25 heavy (non-hydrogen) atoms. The first-order valence-corrected chi connectivity index (χ1v) is 7.87. The SMILES string of the molecule is O=C(COc1ccc(Cl)cc1)NNC(=O)Cc1nc2ccccc2[nH]1. The van der Waals surface area contributed by atoms with E-state index in [-0.39, 0.29) is 18.9 Å². The van der Waals surface area contributed by atoms with Gasteiger partial charge in [0.1, 0.15) is 11.6 Å². The molecule has 7 nitrogen and oxygen atoms in total. The van der Waals surface area contributed by atoms with Crippen molar-refractivity contribution in [3.63, 3.8) is 0 Å². The second-order valence-corrected chi connectivity index (χ2v) is 5.65. The van der Waals surface area contributed by atoms with Crippen LogP contribution in [-0.2, 0) is 16.0 Å². The summed E-state index contributed by atoms with van der Waals surface area (Å²) in [5, 5.41) is 0.578. The zero-order chi connectivity index (χ0) is 17.6. The maximum Gasteiger partial charge on any atom is 0.276 e. The number of aromatic amines is 1. The normalized spacial score (nSPS) is 10.4. The largest absolute Gasteiger partial charge is 0.484 e. The van der Waals surface area contributed by atoms with Crippen LogP contribution in [0.5, 0.6) is 5.75 Å². The summed E-state index contributed by atoms with van der Waals surface area (Å²) in [6.45, 7) is -0.230. The van der Waals surface area contributed by atoms with Gasteiger partial charge in [-0.15, -0.1) is 0 Å². The van der Waals surface area contributed by atoms with E-state index in [9.17, 15) is 9.59 Å². The number of carbonyl (C=O) groups excluding carboxylic acids is 2. The Morgan fingerprint density at radius 1 is 1.04 bits per heavy atom. The third-order valence-corrected chi connectivity index (χ3v) is 3.54. The van der Waals surface area contributed by atoms with Crippen molar-refractivity contribution in [2.24, 2.45) is 0 Å². The number of hydrogen-bond donors (Lipinski definition) is 3. The van der Waals surface area contributed by atoms with E-state index in [1.54, 1.807) is 24.3 Å². The molecule has 1 aromatic heterocycles. The number of fused-ring (bicyclic) bond motifs is 1. The fraction of sp³-hybridized carbons (Fsp3) is 0.118. The molecule has 0 aliphatic heterocycles. The number of imidazole rings is 1. The molecule has 2 amide bonds. The summed E-state index contributed by atoms with van der Waals surface area (Å²) in [5.41, 5.74) is 6.24. The summed E-state index contributed by atoms with van der Waals surface area (Å²) >= 11 is 5.76. The highest BCUT2D eigenvalue weighted by atomic mass is 35.5. The van der Waals surface area contributed by atoms with Gasteiger partial charge in [-0.25, -0.2) is 4.98 Å². The Morgan fingerprint density at radius 2 is 1.76 bits per heavy atom. The highest BCUT2D eigenvalue weighted by Crippen LogP contribution is 2.15. The Labute approximate surface area is 148 Å². The van der Waals surface area contributed by atoms with E-state index in [1.165, 1.54) is 0 Å². The predicted molar refractivity (Wildman–Crippen MR) is 93.0 cm³/mol. The molecule has 0 saturated carbocycles. The van der Waals surface area contributed by atoms with Gasteiger partial charge in [-0.3, -0.25) is 20.4 Å².